The highest BCUT2D eigenvalue weighted by Gasteiger charge is 2.25. The number of halogens is 2. The number of anilines is 1. The van der Waals surface area contributed by atoms with Crippen LogP contribution in [0.5, 0.6) is 5.75 Å². The van der Waals surface area contributed by atoms with Crippen molar-refractivity contribution in [3.8, 4) is 5.75 Å². The van der Waals surface area contributed by atoms with Crippen molar-refractivity contribution < 1.29 is 23.1 Å². The Morgan fingerprint density at radius 3 is 2.96 bits per heavy atom. The van der Waals surface area contributed by atoms with E-state index in [0.29, 0.717) is 13.1 Å². The fraction of sp³-hybridized carbons (Fsp3) is 0.467. The highest BCUT2D eigenvalue weighted by Crippen LogP contribution is 2.25. The summed E-state index contributed by atoms with van der Waals surface area (Å²) in [6.45, 7) is -0.0729. The lowest BCUT2D eigenvalue weighted by Gasteiger charge is -2.24. The summed E-state index contributed by atoms with van der Waals surface area (Å²) in [7, 11) is 0. The van der Waals surface area contributed by atoms with Crippen LogP contribution in [-0.2, 0) is 9.59 Å². The van der Waals surface area contributed by atoms with Gasteiger partial charge in [-0.2, -0.15) is 8.78 Å². The molecule has 6 nitrogen and oxygen atoms in total. The third kappa shape index (κ3) is 4.88. The molecule has 0 radical (unpaired) electrons. The van der Waals surface area contributed by atoms with Gasteiger partial charge in [0.25, 0.3) is 0 Å². The van der Waals surface area contributed by atoms with Gasteiger partial charge in [0, 0.05) is 13.1 Å². The summed E-state index contributed by atoms with van der Waals surface area (Å²) in [5.74, 6) is -0.619. The van der Waals surface area contributed by atoms with E-state index in [4.69, 9.17) is 0 Å². The van der Waals surface area contributed by atoms with Crippen LogP contribution >= 0.6 is 0 Å². The van der Waals surface area contributed by atoms with Crippen molar-refractivity contribution in [2.24, 2.45) is 0 Å². The van der Waals surface area contributed by atoms with Gasteiger partial charge in [-0.3, -0.25) is 14.5 Å². The summed E-state index contributed by atoms with van der Waals surface area (Å²) in [6, 6.07) is 5.55. The van der Waals surface area contributed by atoms with Gasteiger partial charge in [-0.1, -0.05) is 12.1 Å². The molecule has 1 aromatic carbocycles. The molecule has 1 aromatic rings. The number of carbonyl (C=O) groups is 2. The number of para-hydroxylation sites is 2. The molecule has 0 spiro atoms. The van der Waals surface area contributed by atoms with Gasteiger partial charge in [0.15, 0.2) is 0 Å². The fourth-order valence-corrected chi connectivity index (χ4v) is 2.36. The highest BCUT2D eigenvalue weighted by atomic mass is 19.3. The molecule has 0 saturated carbocycles. The second kappa shape index (κ2) is 7.87. The van der Waals surface area contributed by atoms with Gasteiger partial charge < -0.3 is 15.4 Å². The quantitative estimate of drug-likeness (QED) is 0.858. The van der Waals surface area contributed by atoms with E-state index in [2.05, 4.69) is 15.4 Å². The summed E-state index contributed by atoms with van der Waals surface area (Å²) in [6.07, 6.45) is 0.744. The molecule has 23 heavy (non-hydrogen) atoms. The number of benzene rings is 1. The number of nitrogens with zero attached hydrogens (tertiary/aromatic N) is 1. The van der Waals surface area contributed by atoms with Gasteiger partial charge in [-0.25, -0.2) is 0 Å². The van der Waals surface area contributed by atoms with E-state index in [1.807, 2.05) is 0 Å². The third-order valence-corrected chi connectivity index (χ3v) is 3.57. The molecular formula is C15H19F2N3O3. The lowest BCUT2D eigenvalue weighted by atomic mass is 10.2. The monoisotopic (exact) mass is 327 g/mol. The molecule has 1 aliphatic rings. The van der Waals surface area contributed by atoms with Gasteiger partial charge in [0.05, 0.1) is 18.3 Å². The molecule has 0 aromatic heterocycles. The fourth-order valence-electron chi connectivity index (χ4n) is 2.36. The van der Waals surface area contributed by atoms with Gasteiger partial charge in [0.1, 0.15) is 5.75 Å². The average Bonchev–Trinajstić information content (AvgIpc) is 2.64. The highest BCUT2D eigenvalue weighted by molar-refractivity contribution is 5.94. The topological polar surface area (TPSA) is 70.7 Å². The molecule has 1 atom stereocenters. The standard InChI is InChI=1S/C15H19F2N3O3/c1-10-14(22)18-7-4-8-20(10)9-13(21)19-11-5-2-3-6-12(11)23-15(16)17/h2-3,5-6,10,15H,4,7-9H2,1H3,(H,18,22)(H,19,21)/t10-/m0/s1. The van der Waals surface area contributed by atoms with Crippen LogP contribution in [0.15, 0.2) is 24.3 Å². The average molecular weight is 327 g/mol. The molecule has 0 unspecified atom stereocenters. The predicted octanol–water partition coefficient (Wildman–Crippen LogP) is 1.44. The molecule has 126 valence electrons. The Balaban J connectivity index is 2.00. The molecule has 1 aliphatic heterocycles. The van der Waals surface area contributed by atoms with E-state index in [9.17, 15) is 18.4 Å². The minimum atomic E-state index is -2.97. The Kier molecular flexibility index (Phi) is 5.86. The Hall–Kier alpha value is -2.22. The van der Waals surface area contributed by atoms with Crippen molar-refractivity contribution in [1.29, 1.82) is 0 Å². The van der Waals surface area contributed by atoms with Gasteiger partial charge >= 0.3 is 6.61 Å². The second-order valence-corrected chi connectivity index (χ2v) is 5.21. The van der Waals surface area contributed by atoms with E-state index in [1.165, 1.54) is 18.2 Å². The maximum absolute atomic E-state index is 12.4. The smallest absolute Gasteiger partial charge is 0.387 e. The SMILES string of the molecule is C[C@H]1C(=O)NCCCN1CC(=O)Nc1ccccc1OC(F)F. The van der Waals surface area contributed by atoms with Crippen molar-refractivity contribution in [3.63, 3.8) is 0 Å². The van der Waals surface area contributed by atoms with E-state index in [1.54, 1.807) is 17.9 Å². The molecule has 1 heterocycles. The number of ether oxygens (including phenoxy) is 1. The first-order valence-electron chi connectivity index (χ1n) is 7.33. The van der Waals surface area contributed by atoms with Crippen LogP contribution in [0.1, 0.15) is 13.3 Å². The zero-order valence-corrected chi connectivity index (χ0v) is 12.7. The van der Waals surface area contributed by atoms with Crippen molar-refractivity contribution in [2.75, 3.05) is 25.0 Å². The predicted molar refractivity (Wildman–Crippen MR) is 80.4 cm³/mol. The van der Waals surface area contributed by atoms with Crippen LogP contribution in [0.25, 0.3) is 0 Å². The molecule has 1 fully saturated rings. The molecule has 0 aliphatic carbocycles. The van der Waals surface area contributed by atoms with E-state index in [0.717, 1.165) is 6.42 Å². The van der Waals surface area contributed by atoms with Crippen molar-refractivity contribution in [3.05, 3.63) is 24.3 Å². The molecule has 0 bridgehead atoms. The van der Waals surface area contributed by atoms with E-state index in [-0.39, 0.29) is 23.9 Å². The van der Waals surface area contributed by atoms with Crippen LogP contribution in [0, 0.1) is 0 Å². The number of hydrogen-bond donors (Lipinski definition) is 2. The number of alkyl halides is 2. The van der Waals surface area contributed by atoms with Crippen LogP contribution in [0.4, 0.5) is 14.5 Å². The largest absolute Gasteiger partial charge is 0.433 e. The Labute approximate surface area is 132 Å². The first-order chi connectivity index (χ1) is 11.0. The molecule has 1 saturated heterocycles. The summed E-state index contributed by atoms with van der Waals surface area (Å²) >= 11 is 0. The first kappa shape index (κ1) is 17.1. The van der Waals surface area contributed by atoms with Crippen LogP contribution in [0.2, 0.25) is 0 Å². The number of rotatable bonds is 5. The van der Waals surface area contributed by atoms with Gasteiger partial charge in [-0.05, 0) is 25.5 Å². The van der Waals surface area contributed by atoms with Crippen molar-refractivity contribution in [1.82, 2.24) is 10.2 Å². The third-order valence-electron chi connectivity index (χ3n) is 3.57. The summed E-state index contributed by atoms with van der Waals surface area (Å²) in [4.78, 5) is 25.7. The maximum atomic E-state index is 12.4. The van der Waals surface area contributed by atoms with Crippen LogP contribution < -0.4 is 15.4 Å². The number of nitrogens with one attached hydrogen (secondary N) is 2. The first-order valence-corrected chi connectivity index (χ1v) is 7.33. The molecule has 2 amide bonds. The molecule has 8 heteroatoms. The minimum absolute atomic E-state index is 0.00238. The van der Waals surface area contributed by atoms with E-state index < -0.39 is 18.6 Å². The van der Waals surface area contributed by atoms with E-state index >= 15 is 0 Å². The zero-order chi connectivity index (χ0) is 16.8. The number of amides is 2. The van der Waals surface area contributed by atoms with Crippen molar-refractivity contribution in [2.45, 2.75) is 26.0 Å². The van der Waals surface area contributed by atoms with Crippen LogP contribution in [-0.4, -0.2) is 49.0 Å². The Bertz CT molecular complexity index is 569. The lowest BCUT2D eigenvalue weighted by Crippen LogP contribution is -2.45. The van der Waals surface area contributed by atoms with Crippen molar-refractivity contribution >= 4 is 17.5 Å². The zero-order valence-electron chi connectivity index (χ0n) is 12.7. The Morgan fingerprint density at radius 2 is 2.22 bits per heavy atom. The lowest BCUT2D eigenvalue weighted by molar-refractivity contribution is -0.126. The molecular weight excluding hydrogens is 308 g/mol. The molecule has 2 N–H and O–H groups in total. The Morgan fingerprint density at radius 1 is 1.48 bits per heavy atom. The van der Waals surface area contributed by atoms with Gasteiger partial charge in [-0.15, -0.1) is 0 Å². The summed E-state index contributed by atoms with van der Waals surface area (Å²) in [5.41, 5.74) is 0.171. The number of hydrogen-bond acceptors (Lipinski definition) is 4. The summed E-state index contributed by atoms with van der Waals surface area (Å²) in [5, 5.41) is 5.31. The second-order valence-electron chi connectivity index (χ2n) is 5.21. The number of carbonyl (C=O) groups excluding carboxylic acids is 2. The minimum Gasteiger partial charge on any atom is -0.433 e. The van der Waals surface area contributed by atoms with Crippen LogP contribution in [0.3, 0.4) is 0 Å². The normalized spacial score (nSPS) is 19.1. The molecule has 2 rings (SSSR count). The van der Waals surface area contributed by atoms with Gasteiger partial charge in [0.2, 0.25) is 11.8 Å². The maximum Gasteiger partial charge on any atom is 0.387 e. The summed E-state index contributed by atoms with van der Waals surface area (Å²) < 4.78 is 29.1.